The Hall–Kier alpha value is -1.94. The van der Waals surface area contributed by atoms with Gasteiger partial charge in [0.1, 0.15) is 0 Å². The SMILES string of the molecule is Cn1ncc(-c2ccccc2)c(CN)c1=O. The van der Waals surface area contributed by atoms with Crippen LogP contribution in [0.4, 0.5) is 0 Å². The zero-order chi connectivity index (χ0) is 11.5. The smallest absolute Gasteiger partial charge is 0.271 e. The van der Waals surface area contributed by atoms with Gasteiger partial charge in [-0.3, -0.25) is 4.79 Å². The zero-order valence-electron chi connectivity index (χ0n) is 9.05. The van der Waals surface area contributed by atoms with Gasteiger partial charge in [0.05, 0.1) is 6.20 Å². The molecule has 16 heavy (non-hydrogen) atoms. The molecule has 0 saturated heterocycles. The van der Waals surface area contributed by atoms with E-state index in [9.17, 15) is 4.79 Å². The summed E-state index contributed by atoms with van der Waals surface area (Å²) in [5, 5.41) is 4.01. The van der Waals surface area contributed by atoms with E-state index in [-0.39, 0.29) is 12.1 Å². The summed E-state index contributed by atoms with van der Waals surface area (Å²) in [5.41, 5.74) is 7.86. The molecule has 2 N–H and O–H groups in total. The minimum absolute atomic E-state index is 0.135. The number of hydrogen-bond acceptors (Lipinski definition) is 3. The Bertz CT molecular complexity index is 546. The molecule has 0 fully saturated rings. The van der Waals surface area contributed by atoms with Gasteiger partial charge >= 0.3 is 0 Å². The van der Waals surface area contributed by atoms with Gasteiger partial charge in [0.15, 0.2) is 0 Å². The summed E-state index contributed by atoms with van der Waals surface area (Å²) in [7, 11) is 1.62. The Labute approximate surface area is 93.3 Å². The molecule has 0 saturated carbocycles. The molecule has 2 rings (SSSR count). The molecule has 0 unspecified atom stereocenters. The molecule has 4 nitrogen and oxygen atoms in total. The van der Waals surface area contributed by atoms with Crippen molar-refractivity contribution in [2.24, 2.45) is 12.8 Å². The van der Waals surface area contributed by atoms with Gasteiger partial charge in [-0.25, -0.2) is 4.68 Å². The first-order valence-electron chi connectivity index (χ1n) is 5.04. The van der Waals surface area contributed by atoms with Crippen LogP contribution in [0.25, 0.3) is 11.1 Å². The Morgan fingerprint density at radius 2 is 2.00 bits per heavy atom. The predicted molar refractivity (Wildman–Crippen MR) is 62.8 cm³/mol. The summed E-state index contributed by atoms with van der Waals surface area (Å²) in [6.07, 6.45) is 1.68. The average molecular weight is 215 g/mol. The van der Waals surface area contributed by atoms with Crippen LogP contribution < -0.4 is 11.3 Å². The van der Waals surface area contributed by atoms with Crippen molar-refractivity contribution in [1.29, 1.82) is 0 Å². The van der Waals surface area contributed by atoms with Crippen LogP contribution in [-0.2, 0) is 13.6 Å². The van der Waals surface area contributed by atoms with Crippen molar-refractivity contribution in [2.75, 3.05) is 0 Å². The number of benzene rings is 1. The Morgan fingerprint density at radius 3 is 2.62 bits per heavy atom. The molecule has 2 aromatic rings. The first kappa shape index (κ1) is 10.6. The highest BCUT2D eigenvalue weighted by atomic mass is 16.1. The molecule has 0 radical (unpaired) electrons. The summed E-state index contributed by atoms with van der Waals surface area (Å²) in [6.45, 7) is 0.222. The Balaban J connectivity index is 2.67. The van der Waals surface area contributed by atoms with Crippen molar-refractivity contribution in [1.82, 2.24) is 9.78 Å². The number of rotatable bonds is 2. The minimum Gasteiger partial charge on any atom is -0.326 e. The van der Waals surface area contributed by atoms with Gasteiger partial charge in [-0.15, -0.1) is 0 Å². The fraction of sp³-hybridized carbons (Fsp3) is 0.167. The number of nitrogens with two attached hydrogens (primary N) is 1. The van der Waals surface area contributed by atoms with Crippen LogP contribution in [0.15, 0.2) is 41.3 Å². The van der Waals surface area contributed by atoms with Gasteiger partial charge in [-0.05, 0) is 5.56 Å². The van der Waals surface area contributed by atoms with E-state index in [1.54, 1.807) is 13.2 Å². The van der Waals surface area contributed by atoms with Gasteiger partial charge in [-0.1, -0.05) is 30.3 Å². The van der Waals surface area contributed by atoms with Crippen molar-refractivity contribution in [3.05, 3.63) is 52.4 Å². The van der Waals surface area contributed by atoms with E-state index in [2.05, 4.69) is 5.10 Å². The second-order valence-corrected chi connectivity index (χ2v) is 3.54. The third kappa shape index (κ3) is 1.75. The summed E-state index contributed by atoms with van der Waals surface area (Å²) >= 11 is 0. The number of hydrogen-bond donors (Lipinski definition) is 1. The van der Waals surface area contributed by atoms with E-state index >= 15 is 0 Å². The molecule has 4 heteroatoms. The van der Waals surface area contributed by atoms with Gasteiger partial charge in [0.2, 0.25) is 0 Å². The number of nitrogens with zero attached hydrogens (tertiary/aromatic N) is 2. The lowest BCUT2D eigenvalue weighted by Gasteiger charge is -2.07. The summed E-state index contributed by atoms with van der Waals surface area (Å²) in [6, 6.07) is 9.66. The van der Waals surface area contributed by atoms with Crippen LogP contribution in [0.3, 0.4) is 0 Å². The lowest BCUT2D eigenvalue weighted by Crippen LogP contribution is -2.25. The largest absolute Gasteiger partial charge is 0.326 e. The molecule has 1 heterocycles. The summed E-state index contributed by atoms with van der Waals surface area (Å²) < 4.78 is 1.30. The molecular formula is C12H13N3O. The molecule has 0 aliphatic heterocycles. The fourth-order valence-corrected chi connectivity index (χ4v) is 1.65. The lowest BCUT2D eigenvalue weighted by molar-refractivity contribution is 0.694. The quantitative estimate of drug-likeness (QED) is 0.809. The second-order valence-electron chi connectivity index (χ2n) is 3.54. The highest BCUT2D eigenvalue weighted by Gasteiger charge is 2.09. The van der Waals surface area contributed by atoms with E-state index in [4.69, 9.17) is 5.73 Å². The fourth-order valence-electron chi connectivity index (χ4n) is 1.65. The number of aromatic nitrogens is 2. The maximum Gasteiger partial charge on any atom is 0.271 e. The molecule has 0 atom stereocenters. The van der Waals surface area contributed by atoms with Gasteiger partial charge in [0, 0.05) is 24.7 Å². The summed E-state index contributed by atoms with van der Waals surface area (Å²) in [5.74, 6) is 0. The Kier molecular flexibility index (Phi) is 2.83. The van der Waals surface area contributed by atoms with Crippen LogP contribution in [0.2, 0.25) is 0 Å². The van der Waals surface area contributed by atoms with E-state index in [0.717, 1.165) is 11.1 Å². The molecule has 1 aromatic heterocycles. The maximum atomic E-state index is 11.8. The maximum absolute atomic E-state index is 11.8. The third-order valence-corrected chi connectivity index (χ3v) is 2.53. The first-order chi connectivity index (χ1) is 7.74. The van der Waals surface area contributed by atoms with Crippen molar-refractivity contribution >= 4 is 0 Å². The molecule has 0 aliphatic rings. The molecule has 0 bridgehead atoms. The van der Waals surface area contributed by atoms with Crippen LogP contribution in [0.1, 0.15) is 5.56 Å². The van der Waals surface area contributed by atoms with Crippen LogP contribution in [0, 0.1) is 0 Å². The summed E-state index contributed by atoms with van der Waals surface area (Å²) in [4.78, 5) is 11.8. The second kappa shape index (κ2) is 4.28. The van der Waals surface area contributed by atoms with Crippen LogP contribution in [-0.4, -0.2) is 9.78 Å². The van der Waals surface area contributed by atoms with Crippen LogP contribution >= 0.6 is 0 Å². The van der Waals surface area contributed by atoms with E-state index in [1.165, 1.54) is 4.68 Å². The molecule has 1 aromatic carbocycles. The predicted octanol–water partition coefficient (Wildman–Crippen LogP) is 0.906. The average Bonchev–Trinajstić information content (AvgIpc) is 2.33. The highest BCUT2D eigenvalue weighted by Crippen LogP contribution is 2.19. The molecule has 0 spiro atoms. The normalized spacial score (nSPS) is 10.4. The first-order valence-corrected chi connectivity index (χ1v) is 5.04. The Morgan fingerprint density at radius 1 is 1.31 bits per heavy atom. The molecular weight excluding hydrogens is 202 g/mol. The van der Waals surface area contributed by atoms with Gasteiger partial charge in [-0.2, -0.15) is 5.10 Å². The standard InChI is InChI=1S/C12H13N3O/c1-15-12(16)10(7-13)11(8-14-15)9-5-3-2-4-6-9/h2-6,8H,7,13H2,1H3. The lowest BCUT2D eigenvalue weighted by atomic mass is 10.0. The zero-order valence-corrected chi connectivity index (χ0v) is 9.05. The van der Waals surface area contributed by atoms with E-state index in [1.807, 2.05) is 30.3 Å². The van der Waals surface area contributed by atoms with E-state index < -0.39 is 0 Å². The molecule has 0 amide bonds. The molecule has 82 valence electrons. The van der Waals surface area contributed by atoms with Crippen molar-refractivity contribution in [2.45, 2.75) is 6.54 Å². The number of aryl methyl sites for hydroxylation is 1. The topological polar surface area (TPSA) is 60.9 Å². The van der Waals surface area contributed by atoms with Crippen molar-refractivity contribution in [3.63, 3.8) is 0 Å². The van der Waals surface area contributed by atoms with Gasteiger partial charge in [0.25, 0.3) is 5.56 Å². The third-order valence-electron chi connectivity index (χ3n) is 2.53. The minimum atomic E-state index is -0.135. The van der Waals surface area contributed by atoms with Gasteiger partial charge < -0.3 is 5.73 Å². The van der Waals surface area contributed by atoms with Crippen LogP contribution in [0.5, 0.6) is 0 Å². The highest BCUT2D eigenvalue weighted by molar-refractivity contribution is 5.65. The monoisotopic (exact) mass is 215 g/mol. The molecule has 0 aliphatic carbocycles. The van der Waals surface area contributed by atoms with Crippen molar-refractivity contribution in [3.8, 4) is 11.1 Å². The van der Waals surface area contributed by atoms with Crippen molar-refractivity contribution < 1.29 is 0 Å². The van der Waals surface area contributed by atoms with E-state index in [0.29, 0.717) is 5.56 Å².